The molecule has 0 aromatic carbocycles. The number of allylic oxidation sites excluding steroid dienone is 11. The summed E-state index contributed by atoms with van der Waals surface area (Å²) in [6.07, 6.45) is 89.1. The molecule has 0 heterocycles. The number of hydrogen-bond acceptors (Lipinski definition) is 5. The molecule has 0 radical (unpaired) electrons. The normalized spacial score (nSPS) is 14.1. The molecule has 0 spiro atoms. The van der Waals surface area contributed by atoms with Crippen LogP contribution in [0.25, 0.3) is 0 Å². The van der Waals surface area contributed by atoms with E-state index in [1.54, 1.807) is 6.08 Å². The maximum atomic E-state index is 13.1. The van der Waals surface area contributed by atoms with E-state index in [1.807, 2.05) is 27.2 Å². The number of hydrogen-bond donors (Lipinski definition) is 3. The lowest BCUT2D eigenvalue weighted by atomic mass is 10.0. The van der Waals surface area contributed by atoms with Gasteiger partial charge in [0.15, 0.2) is 0 Å². The zero-order valence-corrected chi connectivity index (χ0v) is 55.9. The average Bonchev–Trinajstić information content (AvgIpc) is 3.47. The molecular formula is C73H138N2O6P+. The Morgan fingerprint density at radius 3 is 1.07 bits per heavy atom. The molecule has 3 N–H and O–H groups in total. The molecule has 3 atom stereocenters. The quantitative estimate of drug-likeness (QED) is 0.0243. The second kappa shape index (κ2) is 63.4. The molecule has 8 nitrogen and oxygen atoms in total. The molecule has 0 aliphatic rings. The first-order chi connectivity index (χ1) is 40.0. The van der Waals surface area contributed by atoms with Gasteiger partial charge in [0.05, 0.1) is 39.9 Å². The summed E-state index contributed by atoms with van der Waals surface area (Å²) in [5.41, 5.74) is 0. The Hall–Kier alpha value is -2.06. The highest BCUT2D eigenvalue weighted by Crippen LogP contribution is 2.43. The summed E-state index contributed by atoms with van der Waals surface area (Å²) in [7, 11) is 1.58. The van der Waals surface area contributed by atoms with Crippen molar-refractivity contribution in [2.45, 2.75) is 347 Å². The second-order valence-corrected chi connectivity index (χ2v) is 26.7. The van der Waals surface area contributed by atoms with E-state index in [-0.39, 0.29) is 19.1 Å². The van der Waals surface area contributed by atoms with Gasteiger partial charge in [-0.3, -0.25) is 13.8 Å². The molecule has 3 unspecified atom stereocenters. The van der Waals surface area contributed by atoms with Gasteiger partial charge in [-0.25, -0.2) is 4.57 Å². The number of nitrogens with one attached hydrogen (secondary N) is 1. The number of phosphoric ester groups is 1. The predicted molar refractivity (Wildman–Crippen MR) is 360 cm³/mol. The van der Waals surface area contributed by atoms with Crippen LogP contribution in [0.2, 0.25) is 0 Å². The van der Waals surface area contributed by atoms with Crippen LogP contribution in [0.15, 0.2) is 72.9 Å². The van der Waals surface area contributed by atoms with Crippen LogP contribution in [0.3, 0.4) is 0 Å². The predicted octanol–water partition coefficient (Wildman–Crippen LogP) is 22.6. The van der Waals surface area contributed by atoms with Gasteiger partial charge in [0.1, 0.15) is 13.2 Å². The van der Waals surface area contributed by atoms with Crippen LogP contribution in [0, 0.1) is 0 Å². The van der Waals surface area contributed by atoms with Crippen molar-refractivity contribution in [1.29, 1.82) is 0 Å². The third kappa shape index (κ3) is 65.5. The maximum absolute atomic E-state index is 13.1. The number of unbranched alkanes of at least 4 members (excludes halogenated alkanes) is 42. The van der Waals surface area contributed by atoms with Crippen molar-refractivity contribution in [3.63, 3.8) is 0 Å². The molecule has 0 fully saturated rings. The average molecular weight is 1170 g/mol. The number of likely N-dealkylation sites (N-methyl/N-ethyl adjacent to an activating group) is 1. The zero-order chi connectivity index (χ0) is 59.8. The fourth-order valence-electron chi connectivity index (χ4n) is 10.5. The van der Waals surface area contributed by atoms with E-state index in [4.69, 9.17) is 9.05 Å². The van der Waals surface area contributed by atoms with E-state index in [2.05, 4.69) is 79.9 Å². The number of aliphatic hydroxyl groups is 1. The minimum absolute atomic E-state index is 0.0599. The highest BCUT2D eigenvalue weighted by molar-refractivity contribution is 7.47. The molecule has 9 heteroatoms. The van der Waals surface area contributed by atoms with Crippen LogP contribution in [-0.2, 0) is 18.4 Å². The Morgan fingerprint density at radius 1 is 0.427 bits per heavy atom. The zero-order valence-electron chi connectivity index (χ0n) is 55.0. The summed E-state index contributed by atoms with van der Waals surface area (Å²) in [6, 6.07) is -0.852. The van der Waals surface area contributed by atoms with Crippen molar-refractivity contribution in [2.24, 2.45) is 0 Å². The fraction of sp³-hybridized carbons (Fsp3) is 0.822. The van der Waals surface area contributed by atoms with Gasteiger partial charge in [-0.2, -0.15) is 0 Å². The SMILES string of the molecule is CC/C=C\C/C=C\C/C=C\C/C=C\C/C=C\CCCCCCCCCCCCCCCC(=O)NC(COP(=O)(O)OCC[N+](C)(C)C)C(O)/C=C/CCCCCCCCCCCCCCCCCCCCCCCCCCCCCCC. The molecule has 0 saturated heterocycles. The number of nitrogens with zero attached hydrogens (tertiary/aromatic N) is 1. The first-order valence-corrected chi connectivity index (χ1v) is 36.8. The van der Waals surface area contributed by atoms with E-state index in [0.717, 1.165) is 70.6 Å². The van der Waals surface area contributed by atoms with Crippen molar-refractivity contribution >= 4 is 13.7 Å². The van der Waals surface area contributed by atoms with Gasteiger partial charge in [0.2, 0.25) is 5.91 Å². The van der Waals surface area contributed by atoms with E-state index < -0.39 is 20.0 Å². The molecule has 82 heavy (non-hydrogen) atoms. The fourth-order valence-corrected chi connectivity index (χ4v) is 11.2. The van der Waals surface area contributed by atoms with Crippen molar-refractivity contribution in [2.75, 3.05) is 40.9 Å². The number of rotatable bonds is 65. The van der Waals surface area contributed by atoms with Gasteiger partial charge in [-0.05, 0) is 64.2 Å². The van der Waals surface area contributed by atoms with Crippen LogP contribution >= 0.6 is 7.82 Å². The highest BCUT2D eigenvalue weighted by atomic mass is 31.2. The Balaban J connectivity index is 4.07. The van der Waals surface area contributed by atoms with Gasteiger partial charge in [-0.1, -0.05) is 337 Å². The van der Waals surface area contributed by atoms with E-state index in [1.165, 1.54) is 244 Å². The van der Waals surface area contributed by atoms with Crippen LogP contribution < -0.4 is 5.32 Å². The van der Waals surface area contributed by atoms with Crippen LogP contribution in [0.5, 0.6) is 0 Å². The summed E-state index contributed by atoms with van der Waals surface area (Å²) in [5.74, 6) is -0.176. The van der Waals surface area contributed by atoms with E-state index in [0.29, 0.717) is 17.4 Å². The number of amides is 1. The third-order valence-electron chi connectivity index (χ3n) is 15.9. The molecule has 0 aliphatic heterocycles. The number of carbonyl (C=O) groups excluding carboxylic acids is 1. The minimum Gasteiger partial charge on any atom is -0.387 e. The molecule has 0 rings (SSSR count). The van der Waals surface area contributed by atoms with E-state index >= 15 is 0 Å². The molecule has 0 bridgehead atoms. The number of quaternary nitrogens is 1. The minimum atomic E-state index is -4.36. The lowest BCUT2D eigenvalue weighted by molar-refractivity contribution is -0.870. The maximum Gasteiger partial charge on any atom is 0.472 e. The van der Waals surface area contributed by atoms with Gasteiger partial charge < -0.3 is 19.8 Å². The van der Waals surface area contributed by atoms with Crippen LogP contribution in [-0.4, -0.2) is 73.4 Å². The molecule has 0 saturated carbocycles. The standard InChI is InChI=1S/C73H137N2O6P/c1-6-8-10-12-14-16-18-20-22-24-26-28-30-32-34-36-37-39-40-42-44-46-48-50-52-54-56-58-60-62-64-66-72(76)71(70-81-82(78,79)80-69-68-75(3,4)5)74-73(77)67-65-63-61-59-57-55-53-51-49-47-45-43-41-38-35-33-31-29-27-25-23-21-19-17-15-13-11-9-7-2/h9,11,15,17,21,23,27,29,33,35,64,66,71-72,76H,6-8,10,12-14,16,18-20,22,24-26,28,30-32,34,36-63,65,67-70H2,1-5H3,(H-,74,77,78,79)/p+1/b11-9-,17-15-,23-21-,29-27-,35-33-,66-64+. The van der Waals surface area contributed by atoms with Gasteiger partial charge in [0.25, 0.3) is 0 Å². The number of phosphoric acid groups is 1. The lowest BCUT2D eigenvalue weighted by Gasteiger charge is -2.25. The smallest absolute Gasteiger partial charge is 0.387 e. The lowest BCUT2D eigenvalue weighted by Crippen LogP contribution is -2.45. The first-order valence-electron chi connectivity index (χ1n) is 35.3. The topological polar surface area (TPSA) is 105 Å². The molecule has 480 valence electrons. The Labute approximate surface area is 510 Å². The van der Waals surface area contributed by atoms with Gasteiger partial charge in [0, 0.05) is 6.42 Å². The molecule has 0 aromatic rings. The monoisotopic (exact) mass is 1170 g/mol. The molecular weight excluding hydrogens is 1030 g/mol. The summed E-state index contributed by atoms with van der Waals surface area (Å²) in [5, 5.41) is 14.0. The highest BCUT2D eigenvalue weighted by Gasteiger charge is 2.28. The third-order valence-corrected chi connectivity index (χ3v) is 16.9. The van der Waals surface area contributed by atoms with Crippen molar-refractivity contribution < 1.29 is 32.9 Å². The summed E-state index contributed by atoms with van der Waals surface area (Å²) in [6.45, 7) is 4.74. The van der Waals surface area contributed by atoms with Gasteiger partial charge in [-0.15, -0.1) is 0 Å². The summed E-state index contributed by atoms with van der Waals surface area (Å²) < 4.78 is 23.8. The summed E-state index contributed by atoms with van der Waals surface area (Å²) in [4.78, 5) is 23.4. The molecule has 0 aromatic heterocycles. The second-order valence-electron chi connectivity index (χ2n) is 25.2. The van der Waals surface area contributed by atoms with Crippen LogP contribution in [0.4, 0.5) is 0 Å². The van der Waals surface area contributed by atoms with Crippen LogP contribution in [0.1, 0.15) is 335 Å². The van der Waals surface area contributed by atoms with Crippen molar-refractivity contribution in [3.8, 4) is 0 Å². The Morgan fingerprint density at radius 2 is 0.732 bits per heavy atom. The first kappa shape index (κ1) is 79.9. The number of carbonyl (C=O) groups is 1. The van der Waals surface area contributed by atoms with E-state index in [9.17, 15) is 19.4 Å². The van der Waals surface area contributed by atoms with Crippen molar-refractivity contribution in [1.82, 2.24) is 5.32 Å². The van der Waals surface area contributed by atoms with Gasteiger partial charge >= 0.3 is 7.82 Å². The number of aliphatic hydroxyl groups excluding tert-OH is 1. The molecule has 0 aliphatic carbocycles. The van der Waals surface area contributed by atoms with Crippen molar-refractivity contribution in [3.05, 3.63) is 72.9 Å². The summed E-state index contributed by atoms with van der Waals surface area (Å²) >= 11 is 0. The largest absolute Gasteiger partial charge is 0.472 e. The Bertz CT molecular complexity index is 1570. The molecule has 1 amide bonds. The Kier molecular flexibility index (Phi) is 61.8.